The van der Waals surface area contributed by atoms with E-state index in [0.717, 1.165) is 38.6 Å². The number of amides is 1. The molecule has 0 saturated heterocycles. The summed E-state index contributed by atoms with van der Waals surface area (Å²) in [4.78, 5) is 12.1. The molecule has 2 saturated carbocycles. The van der Waals surface area contributed by atoms with Gasteiger partial charge in [-0.3, -0.25) is 0 Å². The van der Waals surface area contributed by atoms with Crippen LogP contribution in [0.4, 0.5) is 4.79 Å². The molecule has 0 bridgehead atoms. The van der Waals surface area contributed by atoms with Crippen LogP contribution in [0.2, 0.25) is 0 Å². The molecule has 0 aliphatic heterocycles. The van der Waals surface area contributed by atoms with Crippen molar-refractivity contribution in [1.82, 2.24) is 10.6 Å². The van der Waals surface area contributed by atoms with Crippen LogP contribution in [0.25, 0.3) is 0 Å². The third-order valence-corrected chi connectivity index (χ3v) is 4.78. The van der Waals surface area contributed by atoms with E-state index in [1.54, 1.807) is 7.11 Å². The third kappa shape index (κ3) is 4.85. The summed E-state index contributed by atoms with van der Waals surface area (Å²) < 4.78 is 11.0. The van der Waals surface area contributed by atoms with Gasteiger partial charge in [0.15, 0.2) is 0 Å². The van der Waals surface area contributed by atoms with Gasteiger partial charge in [0.2, 0.25) is 0 Å². The van der Waals surface area contributed by atoms with Crippen molar-refractivity contribution >= 4 is 6.09 Å². The molecule has 0 aromatic rings. The second-order valence-electron chi connectivity index (χ2n) is 7.81. The smallest absolute Gasteiger partial charge is 0.408 e. The number of hydrogen-bond donors (Lipinski definition) is 2. The maximum absolute atomic E-state index is 12.1. The van der Waals surface area contributed by atoms with Crippen molar-refractivity contribution < 1.29 is 14.3 Å². The van der Waals surface area contributed by atoms with E-state index < -0.39 is 5.60 Å². The highest BCUT2D eigenvalue weighted by Crippen LogP contribution is 2.32. The molecule has 2 aliphatic rings. The first kappa shape index (κ1) is 17.5. The van der Waals surface area contributed by atoms with Crippen LogP contribution in [-0.2, 0) is 9.47 Å². The Hall–Kier alpha value is -0.810. The average Bonchev–Trinajstić information content (AvgIpc) is 2.40. The fourth-order valence-electron chi connectivity index (χ4n) is 3.41. The van der Waals surface area contributed by atoms with Crippen molar-refractivity contribution in [1.29, 1.82) is 0 Å². The van der Waals surface area contributed by atoms with Crippen molar-refractivity contribution in [3.63, 3.8) is 0 Å². The Labute approximate surface area is 134 Å². The topological polar surface area (TPSA) is 59.6 Å². The Morgan fingerprint density at radius 2 is 1.86 bits per heavy atom. The van der Waals surface area contributed by atoms with Crippen molar-refractivity contribution in [3.8, 4) is 0 Å². The highest BCUT2D eigenvalue weighted by Gasteiger charge is 2.40. The molecule has 22 heavy (non-hydrogen) atoms. The fourth-order valence-corrected chi connectivity index (χ4v) is 3.41. The van der Waals surface area contributed by atoms with Gasteiger partial charge in [-0.2, -0.15) is 0 Å². The fraction of sp³-hybridized carbons (Fsp3) is 0.941. The summed E-state index contributed by atoms with van der Waals surface area (Å²) in [5, 5.41) is 6.73. The van der Waals surface area contributed by atoms with Gasteiger partial charge in [-0.05, 0) is 52.9 Å². The van der Waals surface area contributed by atoms with Crippen LogP contribution in [0.15, 0.2) is 0 Å². The number of nitrogens with one attached hydrogen (secondary N) is 2. The van der Waals surface area contributed by atoms with E-state index >= 15 is 0 Å². The van der Waals surface area contributed by atoms with Crippen molar-refractivity contribution in [3.05, 3.63) is 0 Å². The maximum atomic E-state index is 12.1. The summed E-state index contributed by atoms with van der Waals surface area (Å²) in [5.41, 5.74) is -0.592. The zero-order valence-corrected chi connectivity index (χ0v) is 14.5. The number of ether oxygens (including phenoxy) is 2. The molecular weight excluding hydrogens is 280 g/mol. The molecule has 0 spiro atoms. The van der Waals surface area contributed by atoms with Gasteiger partial charge in [-0.25, -0.2) is 4.79 Å². The highest BCUT2D eigenvalue weighted by molar-refractivity contribution is 5.69. The van der Waals surface area contributed by atoms with Crippen molar-refractivity contribution in [2.45, 2.75) is 89.0 Å². The number of methoxy groups -OCH3 is 1. The van der Waals surface area contributed by atoms with Crippen LogP contribution in [0.3, 0.4) is 0 Å². The number of carbonyl (C=O) groups is 1. The average molecular weight is 312 g/mol. The second-order valence-corrected chi connectivity index (χ2v) is 7.81. The Kier molecular flexibility index (Phi) is 5.72. The molecule has 0 heterocycles. The Morgan fingerprint density at radius 3 is 2.41 bits per heavy atom. The molecule has 2 fully saturated rings. The van der Waals surface area contributed by atoms with Gasteiger partial charge in [0.25, 0.3) is 0 Å². The van der Waals surface area contributed by atoms with Gasteiger partial charge in [-0.1, -0.05) is 12.8 Å². The molecule has 2 rings (SSSR count). The first-order valence-corrected chi connectivity index (χ1v) is 8.61. The van der Waals surface area contributed by atoms with Crippen LogP contribution in [0, 0.1) is 0 Å². The first-order valence-electron chi connectivity index (χ1n) is 8.61. The second kappa shape index (κ2) is 7.18. The van der Waals surface area contributed by atoms with Gasteiger partial charge < -0.3 is 20.1 Å². The summed E-state index contributed by atoms with van der Waals surface area (Å²) >= 11 is 0. The van der Waals surface area contributed by atoms with E-state index in [1.807, 2.05) is 20.8 Å². The summed E-state index contributed by atoms with van der Waals surface area (Å²) in [7, 11) is 1.79. The van der Waals surface area contributed by atoms with Crippen molar-refractivity contribution in [2.75, 3.05) is 13.7 Å². The van der Waals surface area contributed by atoms with Gasteiger partial charge in [0, 0.05) is 19.7 Å². The molecule has 2 N–H and O–H groups in total. The molecule has 2 atom stereocenters. The Bertz CT molecular complexity index is 375. The van der Waals surface area contributed by atoms with Crippen LogP contribution >= 0.6 is 0 Å². The summed E-state index contributed by atoms with van der Waals surface area (Å²) in [6, 6.07) is 0.400. The number of carbonyl (C=O) groups excluding carboxylic acids is 1. The predicted molar refractivity (Wildman–Crippen MR) is 87.0 cm³/mol. The summed E-state index contributed by atoms with van der Waals surface area (Å²) in [6.07, 6.45) is 7.97. The van der Waals surface area contributed by atoms with Crippen LogP contribution in [0.1, 0.15) is 65.7 Å². The normalized spacial score (nSPS) is 27.8. The Balaban J connectivity index is 1.84. The zero-order chi connectivity index (χ0) is 16.2. The number of rotatable bonds is 5. The number of hydrogen-bond acceptors (Lipinski definition) is 4. The molecule has 5 heteroatoms. The van der Waals surface area contributed by atoms with E-state index in [2.05, 4.69) is 10.6 Å². The lowest BCUT2D eigenvalue weighted by atomic mass is 9.76. The maximum Gasteiger partial charge on any atom is 0.408 e. The summed E-state index contributed by atoms with van der Waals surface area (Å²) in [5.74, 6) is 0. The van der Waals surface area contributed by atoms with Gasteiger partial charge >= 0.3 is 6.09 Å². The van der Waals surface area contributed by atoms with E-state index in [-0.39, 0.29) is 11.6 Å². The molecule has 0 aromatic heterocycles. The minimum Gasteiger partial charge on any atom is -0.444 e. The SMILES string of the molecule is COC1CCCCC1NCC1(NC(=O)OC(C)(C)C)CCC1. The molecular formula is C17H32N2O3. The van der Waals surface area contributed by atoms with Gasteiger partial charge in [-0.15, -0.1) is 0 Å². The molecule has 128 valence electrons. The lowest BCUT2D eigenvalue weighted by Crippen LogP contribution is -2.62. The molecule has 0 radical (unpaired) electrons. The third-order valence-electron chi connectivity index (χ3n) is 4.78. The monoisotopic (exact) mass is 312 g/mol. The molecule has 5 nitrogen and oxygen atoms in total. The quantitative estimate of drug-likeness (QED) is 0.819. The van der Waals surface area contributed by atoms with Crippen LogP contribution in [0.5, 0.6) is 0 Å². The predicted octanol–water partition coefficient (Wildman–Crippen LogP) is 2.98. The first-order chi connectivity index (χ1) is 10.3. The van der Waals surface area contributed by atoms with Crippen LogP contribution in [-0.4, -0.2) is 43.0 Å². The van der Waals surface area contributed by atoms with Gasteiger partial charge in [0.1, 0.15) is 5.60 Å². The minimum atomic E-state index is -0.451. The minimum absolute atomic E-state index is 0.141. The molecule has 1 amide bonds. The van der Waals surface area contributed by atoms with Crippen LogP contribution < -0.4 is 10.6 Å². The molecule has 0 aromatic carbocycles. The van der Waals surface area contributed by atoms with E-state index in [1.165, 1.54) is 12.8 Å². The molecule has 2 aliphatic carbocycles. The standard InChI is InChI=1S/C17H32N2O3/c1-16(2,3)22-15(20)19-17(10-7-11-17)12-18-13-8-5-6-9-14(13)21-4/h13-14,18H,5-12H2,1-4H3,(H,19,20). The zero-order valence-electron chi connectivity index (χ0n) is 14.5. The highest BCUT2D eigenvalue weighted by atomic mass is 16.6. The van der Waals surface area contributed by atoms with E-state index in [0.29, 0.717) is 12.1 Å². The largest absolute Gasteiger partial charge is 0.444 e. The lowest BCUT2D eigenvalue weighted by molar-refractivity contribution is 0.0269. The number of alkyl carbamates (subject to hydrolysis) is 1. The van der Waals surface area contributed by atoms with Gasteiger partial charge in [0.05, 0.1) is 11.6 Å². The van der Waals surface area contributed by atoms with E-state index in [9.17, 15) is 4.79 Å². The van der Waals surface area contributed by atoms with Crippen molar-refractivity contribution in [2.24, 2.45) is 0 Å². The summed E-state index contributed by atoms with van der Waals surface area (Å²) in [6.45, 7) is 6.48. The Morgan fingerprint density at radius 1 is 1.18 bits per heavy atom. The molecule has 2 unspecified atom stereocenters. The van der Waals surface area contributed by atoms with E-state index in [4.69, 9.17) is 9.47 Å². The lowest BCUT2D eigenvalue weighted by Gasteiger charge is -2.44.